The van der Waals surface area contributed by atoms with E-state index in [0.717, 1.165) is 11.3 Å². The SMILES string of the molecule is CCOC(=O)c1ccc(NC(=O)COC(=O)[C@@H](C(C)C)N2C(=O)[C@@H]3[C@H](C2=O)[C@H]2C=C[C@H]3C2)cc1. The number of amides is 3. The molecule has 3 aliphatic rings. The first-order valence-corrected chi connectivity index (χ1v) is 11.5. The van der Waals surface area contributed by atoms with Crippen molar-refractivity contribution >= 4 is 35.3 Å². The molecule has 1 saturated heterocycles. The van der Waals surface area contributed by atoms with Gasteiger partial charge in [0, 0.05) is 5.69 Å². The highest BCUT2D eigenvalue weighted by Gasteiger charge is 2.61. The van der Waals surface area contributed by atoms with Crippen molar-refractivity contribution in [2.24, 2.45) is 29.6 Å². The molecular formula is C25H28N2O7. The fraction of sp³-hybridized carbons (Fsp3) is 0.480. The highest BCUT2D eigenvalue weighted by Crippen LogP contribution is 2.53. The second kappa shape index (κ2) is 9.40. The van der Waals surface area contributed by atoms with Gasteiger partial charge in [-0.1, -0.05) is 26.0 Å². The molecule has 0 spiro atoms. The molecule has 4 rings (SSSR count). The predicted octanol–water partition coefficient (Wildman–Crippen LogP) is 2.18. The summed E-state index contributed by atoms with van der Waals surface area (Å²) in [5, 5.41) is 2.58. The Bertz CT molecular complexity index is 1020. The number of carbonyl (C=O) groups is 5. The first-order valence-electron chi connectivity index (χ1n) is 11.5. The standard InChI is InChI=1S/C25H28N2O7/c1-4-33-24(31)14-7-9-17(10-8-14)26-18(28)12-34-25(32)21(13(2)3)27-22(29)19-15-5-6-16(11-15)20(19)23(27)30/h5-10,13,15-16,19-21H,4,11-12H2,1-3H3,(H,26,28)/t15-,16-,19-,20+,21+/m0/s1. The highest BCUT2D eigenvalue weighted by molar-refractivity contribution is 6.09. The molecule has 1 heterocycles. The Morgan fingerprint density at radius 3 is 2.12 bits per heavy atom. The molecule has 1 aromatic rings. The third-order valence-corrected chi connectivity index (χ3v) is 6.68. The van der Waals surface area contributed by atoms with E-state index in [0.29, 0.717) is 11.3 Å². The molecule has 2 aliphatic carbocycles. The molecule has 180 valence electrons. The van der Waals surface area contributed by atoms with Crippen molar-refractivity contribution in [1.29, 1.82) is 0 Å². The number of anilines is 1. The maximum Gasteiger partial charge on any atom is 0.338 e. The van der Waals surface area contributed by atoms with Crippen molar-refractivity contribution < 1.29 is 33.4 Å². The number of esters is 2. The minimum Gasteiger partial charge on any atom is -0.462 e. The molecule has 9 heteroatoms. The lowest BCUT2D eigenvalue weighted by Gasteiger charge is -2.28. The number of likely N-dealkylation sites (tertiary alicyclic amines) is 1. The van der Waals surface area contributed by atoms with Gasteiger partial charge in [0.05, 0.1) is 24.0 Å². The van der Waals surface area contributed by atoms with Gasteiger partial charge in [-0.05, 0) is 55.4 Å². The fourth-order valence-corrected chi connectivity index (χ4v) is 5.20. The van der Waals surface area contributed by atoms with Gasteiger partial charge < -0.3 is 14.8 Å². The van der Waals surface area contributed by atoms with E-state index >= 15 is 0 Å². The minimum atomic E-state index is -1.08. The van der Waals surface area contributed by atoms with Crippen molar-refractivity contribution in [3.8, 4) is 0 Å². The number of fused-ring (bicyclic) bond motifs is 5. The van der Waals surface area contributed by atoms with Gasteiger partial charge in [0.15, 0.2) is 6.61 Å². The van der Waals surface area contributed by atoms with E-state index in [-0.39, 0.29) is 36.2 Å². The lowest BCUT2D eigenvalue weighted by molar-refractivity contribution is -0.162. The number of nitrogens with zero attached hydrogens (tertiary/aromatic N) is 1. The molecule has 0 aromatic heterocycles. The summed E-state index contributed by atoms with van der Waals surface area (Å²) in [5.41, 5.74) is 0.759. The number of nitrogens with one attached hydrogen (secondary N) is 1. The van der Waals surface area contributed by atoms with Crippen LogP contribution in [0.4, 0.5) is 5.69 Å². The highest BCUT2D eigenvalue weighted by atomic mass is 16.5. The zero-order chi connectivity index (χ0) is 24.6. The fourth-order valence-electron chi connectivity index (χ4n) is 5.20. The van der Waals surface area contributed by atoms with Crippen LogP contribution < -0.4 is 5.32 Å². The van der Waals surface area contributed by atoms with Gasteiger partial charge >= 0.3 is 11.9 Å². The van der Waals surface area contributed by atoms with Gasteiger partial charge in [-0.15, -0.1) is 0 Å². The first kappa shape index (κ1) is 23.7. The Balaban J connectivity index is 1.36. The van der Waals surface area contributed by atoms with Crippen molar-refractivity contribution in [1.82, 2.24) is 4.90 Å². The largest absolute Gasteiger partial charge is 0.462 e. The van der Waals surface area contributed by atoms with E-state index in [2.05, 4.69) is 5.32 Å². The van der Waals surface area contributed by atoms with Crippen molar-refractivity contribution in [2.45, 2.75) is 33.2 Å². The Morgan fingerprint density at radius 1 is 1.00 bits per heavy atom. The summed E-state index contributed by atoms with van der Waals surface area (Å²) in [4.78, 5) is 64.1. The molecule has 1 saturated carbocycles. The molecule has 5 atom stereocenters. The van der Waals surface area contributed by atoms with E-state index in [1.807, 2.05) is 12.2 Å². The Kier molecular flexibility index (Phi) is 6.54. The predicted molar refractivity (Wildman–Crippen MR) is 120 cm³/mol. The van der Waals surface area contributed by atoms with Crippen LogP contribution in [0.1, 0.15) is 37.6 Å². The molecule has 1 aromatic carbocycles. The van der Waals surface area contributed by atoms with Crippen molar-refractivity contribution in [3.63, 3.8) is 0 Å². The van der Waals surface area contributed by atoms with Crippen LogP contribution in [-0.2, 0) is 28.7 Å². The monoisotopic (exact) mass is 468 g/mol. The summed E-state index contributed by atoms with van der Waals surface area (Å²) < 4.78 is 10.1. The van der Waals surface area contributed by atoms with E-state index in [4.69, 9.17) is 9.47 Å². The van der Waals surface area contributed by atoms with Crippen LogP contribution in [0.25, 0.3) is 0 Å². The number of rotatable bonds is 8. The lowest BCUT2D eigenvalue weighted by atomic mass is 9.85. The number of benzene rings is 1. The number of hydrogen-bond donors (Lipinski definition) is 1. The smallest absolute Gasteiger partial charge is 0.338 e. The number of allylic oxidation sites excluding steroid dienone is 2. The number of hydrogen-bond acceptors (Lipinski definition) is 7. The van der Waals surface area contributed by atoms with Crippen LogP contribution in [0.2, 0.25) is 0 Å². The summed E-state index contributed by atoms with van der Waals surface area (Å²) in [7, 11) is 0. The third-order valence-electron chi connectivity index (χ3n) is 6.68. The van der Waals surface area contributed by atoms with Crippen LogP contribution in [-0.4, -0.2) is 53.8 Å². The lowest BCUT2D eigenvalue weighted by Crippen LogP contribution is -2.50. The van der Waals surface area contributed by atoms with Crippen LogP contribution in [0, 0.1) is 29.6 Å². The molecule has 0 radical (unpaired) electrons. The van der Waals surface area contributed by atoms with Crippen LogP contribution in [0.5, 0.6) is 0 Å². The summed E-state index contributed by atoms with van der Waals surface area (Å²) in [5.74, 6) is -3.58. The van der Waals surface area contributed by atoms with E-state index in [9.17, 15) is 24.0 Å². The number of ether oxygens (including phenoxy) is 2. The molecule has 2 bridgehead atoms. The molecule has 34 heavy (non-hydrogen) atoms. The van der Waals surface area contributed by atoms with Gasteiger partial charge in [-0.2, -0.15) is 0 Å². The maximum absolute atomic E-state index is 13.1. The minimum absolute atomic E-state index is 0.0428. The van der Waals surface area contributed by atoms with Gasteiger partial charge in [-0.3, -0.25) is 19.3 Å². The van der Waals surface area contributed by atoms with Crippen LogP contribution >= 0.6 is 0 Å². The quantitative estimate of drug-likeness (QED) is 0.353. The van der Waals surface area contributed by atoms with E-state index in [1.165, 1.54) is 24.3 Å². The Labute approximate surface area is 197 Å². The Morgan fingerprint density at radius 2 is 1.59 bits per heavy atom. The second-order valence-corrected chi connectivity index (χ2v) is 9.19. The first-order chi connectivity index (χ1) is 16.2. The van der Waals surface area contributed by atoms with Gasteiger partial charge in [0.2, 0.25) is 11.8 Å². The van der Waals surface area contributed by atoms with Crippen LogP contribution in [0.15, 0.2) is 36.4 Å². The normalized spacial score (nSPS) is 25.5. The average Bonchev–Trinajstić information content (AvgIpc) is 3.48. The molecule has 2 fully saturated rings. The zero-order valence-corrected chi connectivity index (χ0v) is 19.4. The zero-order valence-electron chi connectivity index (χ0n) is 19.4. The molecule has 1 aliphatic heterocycles. The third kappa shape index (κ3) is 4.22. The topological polar surface area (TPSA) is 119 Å². The second-order valence-electron chi connectivity index (χ2n) is 9.19. The van der Waals surface area contributed by atoms with Gasteiger partial charge in [0.25, 0.3) is 5.91 Å². The summed E-state index contributed by atoms with van der Waals surface area (Å²) in [6.07, 6.45) is 4.79. The number of imide groups is 1. The maximum atomic E-state index is 13.1. The molecule has 1 N–H and O–H groups in total. The molecule has 9 nitrogen and oxygen atoms in total. The Hall–Kier alpha value is -3.49. The van der Waals surface area contributed by atoms with Gasteiger partial charge in [-0.25, -0.2) is 9.59 Å². The summed E-state index contributed by atoms with van der Waals surface area (Å²) >= 11 is 0. The van der Waals surface area contributed by atoms with Crippen molar-refractivity contribution in [3.05, 3.63) is 42.0 Å². The average molecular weight is 469 g/mol. The van der Waals surface area contributed by atoms with Crippen LogP contribution in [0.3, 0.4) is 0 Å². The van der Waals surface area contributed by atoms with Crippen molar-refractivity contribution in [2.75, 3.05) is 18.5 Å². The molecule has 0 unspecified atom stereocenters. The van der Waals surface area contributed by atoms with Gasteiger partial charge in [0.1, 0.15) is 6.04 Å². The van der Waals surface area contributed by atoms with E-state index in [1.54, 1.807) is 20.8 Å². The molecular weight excluding hydrogens is 440 g/mol. The molecule has 3 amide bonds. The summed E-state index contributed by atoms with van der Waals surface area (Å²) in [6.45, 7) is 4.86. The van der Waals surface area contributed by atoms with E-state index < -0.39 is 42.3 Å². The number of carbonyl (C=O) groups excluding carboxylic acids is 5. The summed E-state index contributed by atoms with van der Waals surface area (Å²) in [6, 6.07) is 5.01.